The molecular formula is C20H17ClF4N2O4. The molecule has 0 aromatic heterocycles. The second-order valence-electron chi connectivity index (χ2n) is 6.88. The van der Waals surface area contributed by atoms with Gasteiger partial charge in [-0.2, -0.15) is 13.2 Å². The number of benzene rings is 2. The van der Waals surface area contributed by atoms with Crippen LogP contribution in [0.5, 0.6) is 0 Å². The Hall–Kier alpha value is -2.85. The van der Waals surface area contributed by atoms with Gasteiger partial charge in [0.05, 0.1) is 5.56 Å². The summed E-state index contributed by atoms with van der Waals surface area (Å²) in [6, 6.07) is 7.71. The van der Waals surface area contributed by atoms with Gasteiger partial charge >= 0.3 is 12.3 Å². The SMILES string of the molecule is O=C(NCCc1cc(F)cc(Cl)c1)O[C@]1(O)CCN(c2ccc(C(F)(F)F)cc2)C1=O. The van der Waals surface area contributed by atoms with Crippen molar-refractivity contribution in [1.29, 1.82) is 0 Å². The van der Waals surface area contributed by atoms with Crippen molar-refractivity contribution in [2.45, 2.75) is 24.8 Å². The Morgan fingerprint density at radius 1 is 1.23 bits per heavy atom. The highest BCUT2D eigenvalue weighted by molar-refractivity contribution is 6.30. The lowest BCUT2D eigenvalue weighted by Gasteiger charge is -2.22. The van der Waals surface area contributed by atoms with E-state index in [1.165, 1.54) is 12.1 Å². The first-order chi connectivity index (χ1) is 14.5. The molecule has 6 nitrogen and oxygen atoms in total. The van der Waals surface area contributed by atoms with E-state index >= 15 is 0 Å². The molecule has 2 aromatic carbocycles. The third kappa shape index (κ3) is 5.45. The van der Waals surface area contributed by atoms with Gasteiger partial charge in [-0.1, -0.05) is 11.6 Å². The quantitative estimate of drug-likeness (QED) is 0.524. The number of alkyl halides is 3. The second-order valence-corrected chi connectivity index (χ2v) is 7.32. The molecule has 0 spiro atoms. The van der Waals surface area contributed by atoms with E-state index in [-0.39, 0.29) is 36.6 Å². The highest BCUT2D eigenvalue weighted by Gasteiger charge is 2.49. The highest BCUT2D eigenvalue weighted by Crippen LogP contribution is 2.33. The maximum Gasteiger partial charge on any atom is 0.416 e. The summed E-state index contributed by atoms with van der Waals surface area (Å²) in [7, 11) is 0. The fourth-order valence-electron chi connectivity index (χ4n) is 3.11. The number of rotatable bonds is 5. The number of carbonyl (C=O) groups excluding carboxylic acids is 2. The molecule has 1 aliphatic rings. The number of anilines is 1. The van der Waals surface area contributed by atoms with Crippen molar-refractivity contribution in [3.05, 3.63) is 64.4 Å². The number of amides is 2. The summed E-state index contributed by atoms with van der Waals surface area (Å²) in [6.07, 6.45) is -5.64. The topological polar surface area (TPSA) is 78.9 Å². The van der Waals surface area contributed by atoms with Gasteiger partial charge < -0.3 is 20.1 Å². The summed E-state index contributed by atoms with van der Waals surface area (Å²) in [4.78, 5) is 25.5. The molecule has 3 rings (SSSR count). The Labute approximate surface area is 179 Å². The summed E-state index contributed by atoms with van der Waals surface area (Å²) in [5.74, 6) is -3.95. The Bertz CT molecular complexity index is 964. The van der Waals surface area contributed by atoms with Crippen LogP contribution in [0.3, 0.4) is 0 Å². The number of carbonyl (C=O) groups is 2. The molecule has 1 atom stereocenters. The summed E-state index contributed by atoms with van der Waals surface area (Å²) in [5.41, 5.74) is -0.233. The van der Waals surface area contributed by atoms with Gasteiger partial charge in [-0.3, -0.25) is 4.79 Å². The van der Waals surface area contributed by atoms with Crippen molar-refractivity contribution >= 4 is 29.3 Å². The van der Waals surface area contributed by atoms with E-state index in [0.29, 0.717) is 5.56 Å². The first-order valence-corrected chi connectivity index (χ1v) is 9.49. The van der Waals surface area contributed by atoms with Gasteiger partial charge in [0.15, 0.2) is 0 Å². The van der Waals surface area contributed by atoms with E-state index < -0.39 is 35.3 Å². The number of alkyl carbamates (subject to hydrolysis) is 1. The maximum atomic E-state index is 13.3. The highest BCUT2D eigenvalue weighted by atomic mass is 35.5. The van der Waals surface area contributed by atoms with Gasteiger partial charge in [-0.15, -0.1) is 0 Å². The molecule has 1 heterocycles. The minimum atomic E-state index is -4.52. The van der Waals surface area contributed by atoms with Crippen molar-refractivity contribution in [2.75, 3.05) is 18.0 Å². The average Bonchev–Trinajstić information content (AvgIpc) is 2.95. The standard InChI is InChI=1S/C20H17ClF4N2O4/c21-14-9-12(10-15(22)11-14)5-7-26-18(29)31-19(30)6-8-27(17(19)28)16-3-1-13(2-4-16)20(23,24)25/h1-4,9-11,30H,5-8H2,(H,26,29)/t19-/m1/s1. The molecule has 0 aliphatic carbocycles. The number of halogens is 5. The van der Waals surface area contributed by atoms with Crippen LogP contribution in [0.2, 0.25) is 5.02 Å². The molecule has 1 fully saturated rings. The molecule has 31 heavy (non-hydrogen) atoms. The van der Waals surface area contributed by atoms with Crippen molar-refractivity contribution in [3.8, 4) is 0 Å². The van der Waals surface area contributed by atoms with Gasteiger partial charge in [0.1, 0.15) is 5.82 Å². The predicted molar refractivity (Wildman–Crippen MR) is 103 cm³/mol. The molecule has 2 amide bonds. The summed E-state index contributed by atoms with van der Waals surface area (Å²) < 4.78 is 56.2. The molecule has 1 saturated heterocycles. The van der Waals surface area contributed by atoms with Crippen molar-refractivity contribution < 1.29 is 37.0 Å². The molecule has 11 heteroatoms. The van der Waals surface area contributed by atoms with Gasteiger partial charge in [0.25, 0.3) is 11.7 Å². The number of ether oxygens (including phenoxy) is 1. The molecule has 2 N–H and O–H groups in total. The monoisotopic (exact) mass is 460 g/mol. The summed E-state index contributed by atoms with van der Waals surface area (Å²) in [5, 5.41) is 13.0. The number of hydrogen-bond donors (Lipinski definition) is 2. The molecule has 1 aliphatic heterocycles. The van der Waals surface area contributed by atoms with Gasteiger partial charge in [0, 0.05) is 30.2 Å². The minimum absolute atomic E-state index is 0.0193. The smallest absolute Gasteiger partial charge is 0.407 e. The lowest BCUT2D eigenvalue weighted by atomic mass is 10.1. The normalized spacial score (nSPS) is 18.9. The van der Waals surface area contributed by atoms with Crippen molar-refractivity contribution in [2.24, 2.45) is 0 Å². The zero-order chi connectivity index (χ0) is 22.8. The van der Waals surface area contributed by atoms with Crippen molar-refractivity contribution in [3.63, 3.8) is 0 Å². The van der Waals surface area contributed by atoms with E-state index in [1.807, 2.05) is 0 Å². The van der Waals surface area contributed by atoms with Crippen LogP contribution in [0.15, 0.2) is 42.5 Å². The van der Waals surface area contributed by atoms with Crippen LogP contribution < -0.4 is 10.2 Å². The van der Waals surface area contributed by atoms with Gasteiger partial charge in [0.2, 0.25) is 0 Å². The number of nitrogens with zero attached hydrogens (tertiary/aromatic N) is 1. The average molecular weight is 461 g/mol. The van der Waals surface area contributed by atoms with Crippen LogP contribution >= 0.6 is 11.6 Å². The Kier molecular flexibility index (Phi) is 6.42. The minimum Gasteiger partial charge on any atom is -0.407 e. The molecule has 0 unspecified atom stereocenters. The maximum absolute atomic E-state index is 13.3. The molecule has 166 valence electrons. The second kappa shape index (κ2) is 8.72. The third-order valence-electron chi connectivity index (χ3n) is 4.63. The van der Waals surface area contributed by atoms with E-state index in [1.54, 1.807) is 0 Å². The van der Waals surface area contributed by atoms with Crippen LogP contribution in [0.25, 0.3) is 0 Å². The largest absolute Gasteiger partial charge is 0.416 e. The molecule has 2 aromatic rings. The molecule has 0 radical (unpaired) electrons. The lowest BCUT2D eigenvalue weighted by molar-refractivity contribution is -0.175. The molecular weight excluding hydrogens is 444 g/mol. The Morgan fingerprint density at radius 3 is 2.52 bits per heavy atom. The molecule has 0 bridgehead atoms. The van der Waals surface area contributed by atoms with Crippen LogP contribution in [-0.4, -0.2) is 36.0 Å². The third-order valence-corrected chi connectivity index (χ3v) is 4.85. The Morgan fingerprint density at radius 2 is 1.90 bits per heavy atom. The first kappa shape index (κ1) is 22.8. The van der Waals surface area contributed by atoms with E-state index in [9.17, 15) is 32.3 Å². The number of hydrogen-bond acceptors (Lipinski definition) is 4. The summed E-state index contributed by atoms with van der Waals surface area (Å²) in [6.45, 7) is -0.0404. The van der Waals surface area contributed by atoms with E-state index in [4.69, 9.17) is 16.3 Å². The lowest BCUT2D eigenvalue weighted by Crippen LogP contribution is -2.46. The van der Waals surface area contributed by atoms with Crippen LogP contribution in [0, 0.1) is 5.82 Å². The van der Waals surface area contributed by atoms with Gasteiger partial charge in [-0.25, -0.2) is 9.18 Å². The van der Waals surface area contributed by atoms with E-state index in [0.717, 1.165) is 35.2 Å². The fraction of sp³-hybridized carbons (Fsp3) is 0.300. The van der Waals surface area contributed by atoms with Crippen LogP contribution in [0.1, 0.15) is 17.5 Å². The number of nitrogens with one attached hydrogen (secondary N) is 1. The zero-order valence-electron chi connectivity index (χ0n) is 15.9. The van der Waals surface area contributed by atoms with Gasteiger partial charge in [-0.05, 0) is 54.4 Å². The Balaban J connectivity index is 1.56. The predicted octanol–water partition coefficient (Wildman–Crippen LogP) is 3.89. The fourth-order valence-corrected chi connectivity index (χ4v) is 3.35. The first-order valence-electron chi connectivity index (χ1n) is 9.11. The van der Waals surface area contributed by atoms with Crippen LogP contribution in [-0.2, 0) is 22.1 Å². The van der Waals surface area contributed by atoms with E-state index in [2.05, 4.69) is 5.32 Å². The molecule has 0 saturated carbocycles. The number of aliphatic hydroxyl groups is 1. The van der Waals surface area contributed by atoms with Crippen molar-refractivity contribution in [1.82, 2.24) is 5.32 Å². The summed E-state index contributed by atoms with van der Waals surface area (Å²) >= 11 is 5.75. The van der Waals surface area contributed by atoms with Crippen LogP contribution in [0.4, 0.5) is 28.0 Å². The zero-order valence-corrected chi connectivity index (χ0v) is 16.6.